The van der Waals surface area contributed by atoms with Crippen molar-refractivity contribution >= 4 is 11.6 Å². The zero-order valence-electron chi connectivity index (χ0n) is 14.8. The summed E-state index contributed by atoms with van der Waals surface area (Å²) < 4.78 is 6.31. The van der Waals surface area contributed by atoms with Crippen LogP contribution in [0.3, 0.4) is 0 Å². The molecule has 0 bridgehead atoms. The molecular formula is C22H22ClNO. The highest BCUT2D eigenvalue weighted by atomic mass is 35.5. The smallest absolute Gasteiger partial charge is 0.132 e. The zero-order valence-corrected chi connectivity index (χ0v) is 15.6. The van der Waals surface area contributed by atoms with Crippen molar-refractivity contribution in [3.63, 3.8) is 0 Å². The first kappa shape index (κ1) is 16.3. The van der Waals surface area contributed by atoms with Crippen LogP contribution in [-0.2, 0) is 6.42 Å². The van der Waals surface area contributed by atoms with Gasteiger partial charge in [-0.25, -0.2) is 0 Å². The van der Waals surface area contributed by atoms with Crippen molar-refractivity contribution in [2.24, 2.45) is 0 Å². The first-order chi connectivity index (χ1) is 11.9. The van der Waals surface area contributed by atoms with E-state index in [-0.39, 0.29) is 5.60 Å². The molecule has 0 fully saturated rings. The average Bonchev–Trinajstić information content (AvgIpc) is 3.04. The van der Waals surface area contributed by atoms with Crippen molar-refractivity contribution in [3.05, 3.63) is 64.8 Å². The highest BCUT2D eigenvalue weighted by Crippen LogP contribution is 2.42. The van der Waals surface area contributed by atoms with E-state index in [2.05, 4.69) is 56.1 Å². The van der Waals surface area contributed by atoms with Gasteiger partial charge < -0.3 is 9.72 Å². The second-order valence-electron chi connectivity index (χ2n) is 7.47. The number of aromatic nitrogens is 1. The molecule has 25 heavy (non-hydrogen) atoms. The van der Waals surface area contributed by atoms with Crippen LogP contribution in [0.2, 0.25) is 5.02 Å². The Hall–Kier alpha value is -2.19. The molecule has 1 N–H and O–H groups in total. The quantitative estimate of drug-likeness (QED) is 0.566. The minimum Gasteiger partial charge on any atom is -0.487 e. The Morgan fingerprint density at radius 2 is 1.80 bits per heavy atom. The maximum atomic E-state index is 6.37. The molecule has 3 heteroatoms. The minimum absolute atomic E-state index is 0.151. The number of fused-ring (bicyclic) bond motifs is 1. The molecule has 0 saturated heterocycles. The lowest BCUT2D eigenvalue weighted by molar-refractivity contribution is 0.0855. The summed E-state index contributed by atoms with van der Waals surface area (Å²) in [6, 6.07) is 14.8. The van der Waals surface area contributed by atoms with Gasteiger partial charge in [0.25, 0.3) is 0 Å². The first-order valence-corrected chi connectivity index (χ1v) is 9.06. The van der Waals surface area contributed by atoms with Gasteiger partial charge in [-0.1, -0.05) is 41.4 Å². The normalized spacial score (nSPS) is 15.5. The number of aryl methyl sites for hydroxylation is 2. The second kappa shape index (κ2) is 5.96. The summed E-state index contributed by atoms with van der Waals surface area (Å²) in [4.78, 5) is 3.40. The molecule has 1 aliphatic rings. The summed E-state index contributed by atoms with van der Waals surface area (Å²) in [5.41, 5.74) is 6.74. The Balaban J connectivity index is 1.78. The molecule has 128 valence electrons. The summed E-state index contributed by atoms with van der Waals surface area (Å²) >= 11 is 6.37. The number of halogens is 1. The van der Waals surface area contributed by atoms with Crippen molar-refractivity contribution in [2.75, 3.05) is 0 Å². The molecule has 0 radical (unpaired) electrons. The topological polar surface area (TPSA) is 25.0 Å². The highest BCUT2D eigenvalue weighted by Gasteiger charge is 2.29. The lowest BCUT2D eigenvalue weighted by Crippen LogP contribution is -2.32. The molecular weight excluding hydrogens is 330 g/mol. The third-order valence-corrected chi connectivity index (χ3v) is 5.08. The van der Waals surface area contributed by atoms with E-state index >= 15 is 0 Å². The van der Waals surface area contributed by atoms with Crippen LogP contribution in [0.25, 0.3) is 22.4 Å². The SMILES string of the molecule is Cc1ccc(-c2c[nH]c(-c3cc(Cl)cc4c3OC(C)(C)CC4)c2)cc1. The first-order valence-electron chi connectivity index (χ1n) is 8.69. The van der Waals surface area contributed by atoms with Gasteiger partial charge in [0.05, 0.1) is 0 Å². The summed E-state index contributed by atoms with van der Waals surface area (Å²) in [5.74, 6) is 0.956. The van der Waals surface area contributed by atoms with Gasteiger partial charge >= 0.3 is 0 Å². The molecule has 1 aromatic heterocycles. The van der Waals surface area contributed by atoms with Gasteiger partial charge in [0.15, 0.2) is 0 Å². The fraction of sp³-hybridized carbons (Fsp3) is 0.273. The molecule has 0 saturated carbocycles. The summed E-state index contributed by atoms with van der Waals surface area (Å²) in [7, 11) is 0. The van der Waals surface area contributed by atoms with Gasteiger partial charge in [0.2, 0.25) is 0 Å². The van der Waals surface area contributed by atoms with Crippen LogP contribution in [0.4, 0.5) is 0 Å². The third-order valence-electron chi connectivity index (χ3n) is 4.86. The Bertz CT molecular complexity index is 922. The van der Waals surface area contributed by atoms with E-state index in [1.54, 1.807) is 0 Å². The second-order valence-corrected chi connectivity index (χ2v) is 7.91. The van der Waals surface area contributed by atoms with Crippen LogP contribution in [0.15, 0.2) is 48.7 Å². The number of hydrogen-bond donors (Lipinski definition) is 1. The van der Waals surface area contributed by atoms with Crippen molar-refractivity contribution in [1.82, 2.24) is 4.98 Å². The van der Waals surface area contributed by atoms with E-state index in [0.29, 0.717) is 0 Å². The molecule has 1 aliphatic heterocycles. The van der Waals surface area contributed by atoms with Gasteiger partial charge in [-0.3, -0.25) is 0 Å². The van der Waals surface area contributed by atoms with Gasteiger partial charge in [0, 0.05) is 22.5 Å². The Morgan fingerprint density at radius 1 is 1.04 bits per heavy atom. The van der Waals surface area contributed by atoms with E-state index in [4.69, 9.17) is 16.3 Å². The van der Waals surface area contributed by atoms with Crippen LogP contribution in [0, 0.1) is 6.92 Å². The van der Waals surface area contributed by atoms with Crippen LogP contribution in [0.5, 0.6) is 5.75 Å². The molecule has 4 rings (SSSR count). The molecule has 3 aromatic rings. The lowest BCUT2D eigenvalue weighted by Gasteiger charge is -2.34. The summed E-state index contributed by atoms with van der Waals surface area (Å²) in [6.07, 6.45) is 4.03. The predicted octanol–water partition coefficient (Wildman–Crippen LogP) is 6.41. The number of hydrogen-bond acceptors (Lipinski definition) is 1. The maximum absolute atomic E-state index is 6.37. The Labute approximate surface area is 153 Å². The minimum atomic E-state index is -0.151. The van der Waals surface area contributed by atoms with E-state index in [9.17, 15) is 0 Å². The van der Waals surface area contributed by atoms with E-state index < -0.39 is 0 Å². The van der Waals surface area contributed by atoms with Gasteiger partial charge in [-0.05, 0) is 68.5 Å². The number of benzene rings is 2. The van der Waals surface area contributed by atoms with Crippen LogP contribution >= 0.6 is 11.6 Å². The van der Waals surface area contributed by atoms with Crippen LogP contribution < -0.4 is 4.74 Å². The van der Waals surface area contributed by atoms with Crippen molar-refractivity contribution in [2.45, 2.75) is 39.2 Å². The molecule has 0 aliphatic carbocycles. The standard InChI is InChI=1S/C22H22ClNO/c1-14-4-6-15(7-5-14)17-11-20(24-13-17)19-12-18(23)10-16-8-9-22(2,3)25-21(16)19/h4-7,10-13,24H,8-9H2,1-3H3. The van der Waals surface area contributed by atoms with Gasteiger partial charge in [-0.15, -0.1) is 0 Å². The van der Waals surface area contributed by atoms with Crippen LogP contribution in [0.1, 0.15) is 31.4 Å². The fourth-order valence-corrected chi connectivity index (χ4v) is 3.62. The molecule has 2 heterocycles. The average molecular weight is 352 g/mol. The Kier molecular flexibility index (Phi) is 3.88. The zero-order chi connectivity index (χ0) is 17.6. The maximum Gasteiger partial charge on any atom is 0.132 e. The molecule has 0 spiro atoms. The number of H-pyrrole nitrogens is 1. The van der Waals surface area contributed by atoms with Crippen molar-refractivity contribution in [1.29, 1.82) is 0 Å². The third kappa shape index (κ3) is 3.19. The number of nitrogens with one attached hydrogen (secondary N) is 1. The summed E-state index contributed by atoms with van der Waals surface area (Å²) in [6.45, 7) is 6.38. The van der Waals surface area contributed by atoms with Gasteiger partial charge in [-0.2, -0.15) is 0 Å². The highest BCUT2D eigenvalue weighted by molar-refractivity contribution is 6.31. The number of rotatable bonds is 2. The van der Waals surface area contributed by atoms with Gasteiger partial charge in [0.1, 0.15) is 11.4 Å². The summed E-state index contributed by atoms with van der Waals surface area (Å²) in [5, 5.41) is 0.753. The largest absolute Gasteiger partial charge is 0.487 e. The molecule has 0 unspecified atom stereocenters. The number of ether oxygens (including phenoxy) is 1. The van der Waals surface area contributed by atoms with E-state index in [0.717, 1.165) is 34.9 Å². The van der Waals surface area contributed by atoms with Crippen molar-refractivity contribution in [3.8, 4) is 28.1 Å². The molecule has 0 amide bonds. The molecule has 0 atom stereocenters. The Morgan fingerprint density at radius 3 is 2.56 bits per heavy atom. The lowest BCUT2D eigenvalue weighted by atomic mass is 9.92. The van der Waals surface area contributed by atoms with E-state index in [1.807, 2.05) is 18.3 Å². The predicted molar refractivity (Wildman–Crippen MR) is 104 cm³/mol. The van der Waals surface area contributed by atoms with Crippen LogP contribution in [-0.4, -0.2) is 10.6 Å². The number of aromatic amines is 1. The molecule has 2 nitrogen and oxygen atoms in total. The fourth-order valence-electron chi connectivity index (χ4n) is 3.38. The van der Waals surface area contributed by atoms with E-state index in [1.165, 1.54) is 22.3 Å². The monoisotopic (exact) mass is 351 g/mol. The van der Waals surface area contributed by atoms with Crippen molar-refractivity contribution < 1.29 is 4.74 Å². The molecule has 2 aromatic carbocycles.